The molecule has 0 spiro atoms. The monoisotopic (exact) mass is 522 g/mol. The van der Waals surface area contributed by atoms with Crippen LogP contribution in [0.5, 0.6) is 0 Å². The highest BCUT2D eigenvalue weighted by Gasteiger charge is 2.30. The molecule has 172 valence electrons. The van der Waals surface area contributed by atoms with Gasteiger partial charge in [0.2, 0.25) is 0 Å². The third kappa shape index (κ3) is 4.31. The Morgan fingerprint density at radius 3 is 2.67 bits per heavy atom. The van der Waals surface area contributed by atoms with Gasteiger partial charge in [-0.1, -0.05) is 22.9 Å². The summed E-state index contributed by atoms with van der Waals surface area (Å²) in [7, 11) is 3.42. The van der Waals surface area contributed by atoms with Crippen LogP contribution in [0.3, 0.4) is 0 Å². The molecule has 0 saturated carbocycles. The SMILES string of the molecule is CN(C)C(=O)c1ccc(-n2nc(-c3cccnc3)c3c2-c2sc(N)nc2CC3)c(Cl)c1.Cl.Cl. The van der Waals surface area contributed by atoms with Gasteiger partial charge in [0.15, 0.2) is 5.13 Å². The van der Waals surface area contributed by atoms with Crippen molar-refractivity contribution in [3.63, 3.8) is 0 Å². The number of aromatic nitrogens is 4. The fourth-order valence-corrected chi connectivity index (χ4v) is 5.06. The molecule has 3 heterocycles. The molecule has 1 aliphatic carbocycles. The van der Waals surface area contributed by atoms with Crippen LogP contribution < -0.4 is 5.73 Å². The van der Waals surface area contributed by atoms with Gasteiger partial charge in [-0.3, -0.25) is 9.78 Å². The number of nitrogens with zero attached hydrogens (tertiary/aromatic N) is 5. The Balaban J connectivity index is 0.00000153. The molecular formula is C22H21Cl3N6OS. The fraction of sp³-hybridized carbons (Fsp3) is 0.182. The maximum absolute atomic E-state index is 12.4. The lowest BCUT2D eigenvalue weighted by molar-refractivity contribution is 0.0827. The number of carbonyl (C=O) groups is 1. The van der Waals surface area contributed by atoms with Crippen LogP contribution in [0.4, 0.5) is 5.13 Å². The third-order valence-electron chi connectivity index (χ3n) is 5.29. The molecule has 33 heavy (non-hydrogen) atoms. The van der Waals surface area contributed by atoms with Gasteiger partial charge in [0.25, 0.3) is 5.91 Å². The number of nitrogen functional groups attached to an aromatic ring is 1. The summed E-state index contributed by atoms with van der Waals surface area (Å²) in [6.07, 6.45) is 5.15. The van der Waals surface area contributed by atoms with Gasteiger partial charge in [0.05, 0.1) is 32.7 Å². The van der Waals surface area contributed by atoms with E-state index in [1.54, 1.807) is 32.4 Å². The molecule has 0 radical (unpaired) electrons. The number of carbonyl (C=O) groups excluding carboxylic acids is 1. The Morgan fingerprint density at radius 1 is 1.21 bits per heavy atom. The minimum atomic E-state index is -0.107. The maximum Gasteiger partial charge on any atom is 0.253 e. The van der Waals surface area contributed by atoms with E-state index in [4.69, 9.17) is 22.4 Å². The molecule has 7 nitrogen and oxygen atoms in total. The molecule has 1 amide bonds. The van der Waals surface area contributed by atoms with Gasteiger partial charge in [-0.05, 0) is 43.2 Å². The van der Waals surface area contributed by atoms with Gasteiger partial charge >= 0.3 is 0 Å². The Morgan fingerprint density at radius 2 is 2.00 bits per heavy atom. The lowest BCUT2D eigenvalue weighted by Gasteiger charge is -2.16. The number of amides is 1. The Kier molecular flexibility index (Phi) is 7.33. The summed E-state index contributed by atoms with van der Waals surface area (Å²) >= 11 is 8.12. The average Bonchev–Trinajstić information content (AvgIpc) is 3.33. The van der Waals surface area contributed by atoms with E-state index >= 15 is 0 Å². The molecule has 3 aromatic heterocycles. The fourth-order valence-electron chi connectivity index (χ4n) is 3.87. The molecule has 5 rings (SSSR count). The van der Waals surface area contributed by atoms with Gasteiger partial charge < -0.3 is 10.6 Å². The topological polar surface area (TPSA) is 89.9 Å². The van der Waals surface area contributed by atoms with E-state index in [0.29, 0.717) is 21.4 Å². The highest BCUT2D eigenvalue weighted by atomic mass is 35.5. The first-order valence-electron chi connectivity index (χ1n) is 9.73. The lowest BCUT2D eigenvalue weighted by atomic mass is 9.95. The van der Waals surface area contributed by atoms with Crippen molar-refractivity contribution in [3.8, 4) is 27.5 Å². The second-order valence-electron chi connectivity index (χ2n) is 7.52. The third-order valence-corrected chi connectivity index (χ3v) is 6.52. The van der Waals surface area contributed by atoms with Crippen molar-refractivity contribution in [2.45, 2.75) is 12.8 Å². The Bertz CT molecular complexity index is 1320. The van der Waals surface area contributed by atoms with E-state index in [1.165, 1.54) is 16.2 Å². The van der Waals surface area contributed by atoms with E-state index < -0.39 is 0 Å². The number of benzene rings is 1. The van der Waals surface area contributed by atoms with Crippen LogP contribution in [0.2, 0.25) is 5.02 Å². The highest BCUT2D eigenvalue weighted by Crippen LogP contribution is 2.44. The first kappa shape index (κ1) is 25.0. The number of halogens is 3. The normalized spacial score (nSPS) is 11.6. The molecule has 0 aliphatic heterocycles. The van der Waals surface area contributed by atoms with E-state index in [2.05, 4.69) is 9.97 Å². The quantitative estimate of drug-likeness (QED) is 0.411. The minimum absolute atomic E-state index is 0. The zero-order chi connectivity index (χ0) is 21.7. The summed E-state index contributed by atoms with van der Waals surface area (Å²) in [5.74, 6) is -0.107. The first-order chi connectivity index (χ1) is 14.9. The Hall–Kier alpha value is -2.65. The van der Waals surface area contributed by atoms with Crippen molar-refractivity contribution in [1.29, 1.82) is 0 Å². The molecular weight excluding hydrogens is 503 g/mol. The van der Waals surface area contributed by atoms with Gasteiger partial charge in [-0.2, -0.15) is 5.10 Å². The standard InChI is InChI=1S/C22H19ClN6OS.2ClH/c1-28(2)21(30)12-5-8-17(15(23)10-12)29-19-14(6-7-16-20(19)31-22(24)26-16)18(27-29)13-4-3-9-25-11-13;;/h3-5,8-11H,6-7H2,1-2H3,(H2,24,26);2*1H. The molecule has 1 aromatic carbocycles. The average molecular weight is 524 g/mol. The number of rotatable bonds is 3. The van der Waals surface area contributed by atoms with Crippen molar-refractivity contribution >= 4 is 58.8 Å². The molecule has 4 aromatic rings. The number of aryl methyl sites for hydroxylation is 1. The summed E-state index contributed by atoms with van der Waals surface area (Å²) in [6, 6.07) is 9.18. The van der Waals surface area contributed by atoms with Gasteiger partial charge in [-0.15, -0.1) is 24.8 Å². The van der Waals surface area contributed by atoms with Crippen LogP contribution >= 0.6 is 47.8 Å². The molecule has 0 saturated heterocycles. The molecule has 0 unspecified atom stereocenters. The van der Waals surface area contributed by atoms with Crippen molar-refractivity contribution < 1.29 is 4.79 Å². The van der Waals surface area contributed by atoms with Crippen LogP contribution in [0.1, 0.15) is 21.6 Å². The van der Waals surface area contributed by atoms with Crippen molar-refractivity contribution in [2.75, 3.05) is 19.8 Å². The number of hydrogen-bond donors (Lipinski definition) is 1. The summed E-state index contributed by atoms with van der Waals surface area (Å²) in [6.45, 7) is 0. The zero-order valence-corrected chi connectivity index (χ0v) is 21.0. The van der Waals surface area contributed by atoms with E-state index in [9.17, 15) is 4.79 Å². The van der Waals surface area contributed by atoms with Crippen LogP contribution in [0.15, 0.2) is 42.7 Å². The van der Waals surface area contributed by atoms with Crippen molar-refractivity contribution in [3.05, 3.63) is 64.6 Å². The smallest absolute Gasteiger partial charge is 0.253 e. The summed E-state index contributed by atoms with van der Waals surface area (Å²) < 4.78 is 1.85. The number of anilines is 1. The maximum atomic E-state index is 12.4. The molecule has 1 aliphatic rings. The summed E-state index contributed by atoms with van der Waals surface area (Å²) in [5, 5.41) is 5.92. The molecule has 0 atom stereocenters. The Labute approximate surface area is 212 Å². The number of fused-ring (bicyclic) bond motifs is 3. The number of nitrogens with two attached hydrogens (primary N) is 1. The van der Waals surface area contributed by atoms with Crippen LogP contribution in [-0.4, -0.2) is 44.7 Å². The van der Waals surface area contributed by atoms with Crippen LogP contribution in [0.25, 0.3) is 27.5 Å². The molecule has 0 bridgehead atoms. The largest absolute Gasteiger partial charge is 0.375 e. The van der Waals surface area contributed by atoms with Gasteiger partial charge in [-0.25, -0.2) is 9.67 Å². The van der Waals surface area contributed by atoms with Crippen molar-refractivity contribution in [2.24, 2.45) is 0 Å². The lowest BCUT2D eigenvalue weighted by Crippen LogP contribution is -2.21. The van der Waals surface area contributed by atoms with Crippen LogP contribution in [0, 0.1) is 0 Å². The first-order valence-corrected chi connectivity index (χ1v) is 10.9. The van der Waals surface area contributed by atoms with Crippen molar-refractivity contribution in [1.82, 2.24) is 24.6 Å². The van der Waals surface area contributed by atoms with E-state index in [0.717, 1.165) is 45.9 Å². The highest BCUT2D eigenvalue weighted by molar-refractivity contribution is 7.18. The minimum Gasteiger partial charge on any atom is -0.375 e. The molecule has 11 heteroatoms. The second-order valence-corrected chi connectivity index (χ2v) is 8.96. The van der Waals surface area contributed by atoms with Gasteiger partial charge in [0.1, 0.15) is 0 Å². The summed E-state index contributed by atoms with van der Waals surface area (Å²) in [4.78, 5) is 23.6. The van der Waals surface area contributed by atoms with Crippen LogP contribution in [-0.2, 0) is 12.8 Å². The number of hydrogen-bond acceptors (Lipinski definition) is 6. The predicted molar refractivity (Wildman–Crippen MR) is 137 cm³/mol. The van der Waals surface area contributed by atoms with E-state index in [1.807, 2.05) is 29.1 Å². The summed E-state index contributed by atoms with van der Waals surface area (Å²) in [5.41, 5.74) is 12.1. The number of thiazole rings is 1. The molecule has 2 N–H and O–H groups in total. The van der Waals surface area contributed by atoms with E-state index in [-0.39, 0.29) is 30.7 Å². The van der Waals surface area contributed by atoms with Gasteiger partial charge in [0, 0.05) is 43.2 Å². The number of pyridine rings is 1. The second kappa shape index (κ2) is 9.69. The predicted octanol–water partition coefficient (Wildman–Crippen LogP) is 4.94. The molecule has 0 fully saturated rings. The zero-order valence-electron chi connectivity index (χ0n) is 17.8.